The van der Waals surface area contributed by atoms with Crippen molar-refractivity contribution >= 4 is 74.1 Å². The van der Waals surface area contributed by atoms with Crippen molar-refractivity contribution in [3.05, 3.63) is 72.8 Å². The summed E-state index contributed by atoms with van der Waals surface area (Å²) < 4.78 is 9.16. The fourth-order valence-electron chi connectivity index (χ4n) is 6.46. The van der Waals surface area contributed by atoms with E-state index in [1.807, 2.05) is 0 Å². The van der Waals surface area contributed by atoms with Gasteiger partial charge in [-0.1, -0.05) is 0 Å². The minimum atomic E-state index is -1.35. The van der Waals surface area contributed by atoms with Crippen LogP contribution < -0.4 is 18.0 Å². The summed E-state index contributed by atoms with van der Waals surface area (Å²) in [7, 11) is 0. The molecule has 0 aliphatic carbocycles. The maximum atomic E-state index is 2.76. The number of hydrogen-bond acceptors (Lipinski definition) is 1. The van der Waals surface area contributed by atoms with Crippen molar-refractivity contribution < 1.29 is 0 Å². The molecule has 0 aliphatic heterocycles. The Kier molecular flexibility index (Phi) is 12.6. The third kappa shape index (κ3) is 7.55. The Morgan fingerprint density at radius 3 is 0.750 bits per heavy atom. The van der Waals surface area contributed by atoms with E-state index >= 15 is 0 Å². The van der Waals surface area contributed by atoms with E-state index in [1.54, 1.807) is 13.1 Å². The Bertz CT molecular complexity index is 1040. The molecule has 3 aromatic carbocycles. The van der Waals surface area contributed by atoms with Crippen LogP contribution in [0.5, 0.6) is 0 Å². The van der Waals surface area contributed by atoms with Gasteiger partial charge in [-0.05, 0) is 0 Å². The van der Waals surface area contributed by atoms with Crippen LogP contribution in [0.2, 0.25) is 28.2 Å². The standard InChI is InChI=1S/C36H54As3N/c1-25(2)37(26(3)4)31-19-13-16-22-34(31)40(35-23-17-14-20-32(35)38(27(5)6)28(7)8)36-24-18-15-21-33(36)39(29(9)10)30(11)12/h13-30H,1-12H3. The van der Waals surface area contributed by atoms with Gasteiger partial charge in [0.1, 0.15) is 0 Å². The number of hydrogen-bond donors (Lipinski definition) is 0. The second-order valence-electron chi connectivity index (χ2n) is 12.6. The second kappa shape index (κ2) is 15.0. The minimum absolute atomic E-state index is 0.712. The summed E-state index contributed by atoms with van der Waals surface area (Å²) in [4.78, 5) is 2.76. The molecule has 0 saturated heterocycles. The molecule has 3 rings (SSSR count). The topological polar surface area (TPSA) is 3.24 Å². The van der Waals surface area contributed by atoms with Gasteiger partial charge >= 0.3 is 263 Å². The molecule has 0 aliphatic rings. The quantitative estimate of drug-likeness (QED) is 0.168. The van der Waals surface area contributed by atoms with Crippen LogP contribution in [-0.2, 0) is 0 Å². The van der Waals surface area contributed by atoms with E-state index in [4.69, 9.17) is 0 Å². The van der Waals surface area contributed by atoms with Gasteiger partial charge in [-0.25, -0.2) is 0 Å². The molecule has 0 fully saturated rings. The van der Waals surface area contributed by atoms with Crippen LogP contribution in [0.1, 0.15) is 83.1 Å². The first-order chi connectivity index (χ1) is 18.9. The summed E-state index contributed by atoms with van der Waals surface area (Å²) in [5.41, 5.74) is 4.31. The van der Waals surface area contributed by atoms with Gasteiger partial charge in [0.2, 0.25) is 0 Å². The van der Waals surface area contributed by atoms with Crippen molar-refractivity contribution in [3.63, 3.8) is 0 Å². The van der Waals surface area contributed by atoms with Gasteiger partial charge in [0.15, 0.2) is 0 Å². The molecular formula is C36H54As3N. The molecule has 218 valence electrons. The molecule has 0 bridgehead atoms. The first kappa shape index (κ1) is 33.6. The van der Waals surface area contributed by atoms with E-state index in [0.29, 0.717) is 28.2 Å². The number of anilines is 3. The summed E-state index contributed by atoms with van der Waals surface area (Å²) >= 11 is -4.04. The van der Waals surface area contributed by atoms with Gasteiger partial charge < -0.3 is 0 Å². The molecule has 40 heavy (non-hydrogen) atoms. The average molecular weight is 726 g/mol. The van der Waals surface area contributed by atoms with Gasteiger partial charge in [0.05, 0.1) is 0 Å². The van der Waals surface area contributed by atoms with Gasteiger partial charge in [0, 0.05) is 0 Å². The Morgan fingerprint density at radius 2 is 0.550 bits per heavy atom. The van der Waals surface area contributed by atoms with Crippen LogP contribution >= 0.6 is 0 Å². The zero-order valence-electron chi connectivity index (χ0n) is 27.2. The maximum absolute atomic E-state index is 2.76. The first-order valence-corrected chi connectivity index (χ1v) is 24.6. The van der Waals surface area contributed by atoms with E-state index in [0.717, 1.165) is 0 Å². The van der Waals surface area contributed by atoms with Gasteiger partial charge in [-0.2, -0.15) is 0 Å². The molecule has 0 atom stereocenters. The van der Waals surface area contributed by atoms with Crippen LogP contribution in [0.3, 0.4) is 0 Å². The van der Waals surface area contributed by atoms with Crippen LogP contribution in [0, 0.1) is 0 Å². The van der Waals surface area contributed by atoms with E-state index in [9.17, 15) is 0 Å². The molecule has 0 spiro atoms. The third-order valence-corrected chi connectivity index (χ3v) is 27.4. The van der Waals surface area contributed by atoms with Crippen molar-refractivity contribution in [1.29, 1.82) is 0 Å². The molecule has 0 saturated carbocycles. The SMILES string of the molecule is CC(C)[As](c1ccccc1N(c1ccccc1[As](C(C)C)C(C)C)c1ccccc1[As](C(C)C)C(C)C)C(C)C. The van der Waals surface area contributed by atoms with Crippen molar-refractivity contribution in [1.82, 2.24) is 0 Å². The number of rotatable bonds is 12. The van der Waals surface area contributed by atoms with Crippen molar-refractivity contribution in [2.75, 3.05) is 4.90 Å². The van der Waals surface area contributed by atoms with E-state index in [2.05, 4.69) is 161 Å². The Labute approximate surface area is 261 Å². The first-order valence-electron chi connectivity index (χ1n) is 15.3. The molecule has 0 heterocycles. The fourth-order valence-corrected chi connectivity index (χ4v) is 25.4. The average Bonchev–Trinajstić information content (AvgIpc) is 2.86. The van der Waals surface area contributed by atoms with Crippen molar-refractivity contribution in [2.24, 2.45) is 0 Å². The molecule has 0 amide bonds. The summed E-state index contributed by atoms with van der Waals surface area (Å²) in [6.07, 6.45) is 0. The molecule has 0 unspecified atom stereocenters. The zero-order chi connectivity index (χ0) is 29.7. The monoisotopic (exact) mass is 725 g/mol. The predicted octanol–water partition coefficient (Wildman–Crippen LogP) is 9.72. The fraction of sp³-hybridized carbons (Fsp3) is 0.500. The molecule has 4 heteroatoms. The molecule has 0 radical (unpaired) electrons. The third-order valence-electron chi connectivity index (χ3n) is 7.54. The second-order valence-corrected chi connectivity index (χ2v) is 33.7. The normalized spacial score (nSPS) is 12.5. The molecule has 1 nitrogen and oxygen atoms in total. The summed E-state index contributed by atoms with van der Waals surface area (Å²) in [6.45, 7) is 29.6. The van der Waals surface area contributed by atoms with Crippen LogP contribution in [-0.4, -0.2) is 44.0 Å². The number of para-hydroxylation sites is 3. The van der Waals surface area contributed by atoms with E-state index in [1.165, 1.54) is 17.1 Å². The summed E-state index contributed by atoms with van der Waals surface area (Å²) in [6, 6.07) is 28.5. The molecular weight excluding hydrogens is 671 g/mol. The van der Waals surface area contributed by atoms with Gasteiger partial charge in [0.25, 0.3) is 0 Å². The Morgan fingerprint density at radius 1 is 0.350 bits per heavy atom. The van der Waals surface area contributed by atoms with Gasteiger partial charge in [-0.15, -0.1) is 0 Å². The van der Waals surface area contributed by atoms with Crippen LogP contribution in [0.25, 0.3) is 0 Å². The van der Waals surface area contributed by atoms with Crippen molar-refractivity contribution in [2.45, 2.75) is 111 Å². The molecule has 3 aromatic rings. The Balaban J connectivity index is 2.48. The molecule has 0 N–H and O–H groups in total. The van der Waals surface area contributed by atoms with Crippen LogP contribution in [0.15, 0.2) is 72.8 Å². The number of nitrogens with zero attached hydrogens (tertiary/aromatic N) is 1. The van der Waals surface area contributed by atoms with E-state index in [-0.39, 0.29) is 0 Å². The number of benzene rings is 3. The van der Waals surface area contributed by atoms with Crippen molar-refractivity contribution in [3.8, 4) is 0 Å². The Hall–Kier alpha value is -0.865. The zero-order valence-corrected chi connectivity index (χ0v) is 32.8. The summed E-state index contributed by atoms with van der Waals surface area (Å²) in [5.74, 6) is 0. The molecule has 0 aromatic heterocycles. The van der Waals surface area contributed by atoms with E-state index < -0.39 is 44.0 Å². The van der Waals surface area contributed by atoms with Gasteiger partial charge in [-0.3, -0.25) is 0 Å². The summed E-state index contributed by atoms with van der Waals surface area (Å²) in [5, 5.41) is 0. The predicted molar refractivity (Wildman–Crippen MR) is 188 cm³/mol. The van der Waals surface area contributed by atoms with Crippen LogP contribution in [0.4, 0.5) is 17.1 Å².